The van der Waals surface area contributed by atoms with Gasteiger partial charge < -0.3 is 10.0 Å². The number of aliphatic hydroxyl groups is 1. The van der Waals surface area contributed by atoms with Crippen molar-refractivity contribution in [3.63, 3.8) is 0 Å². The Kier molecular flexibility index (Phi) is 6.46. The predicted octanol–water partition coefficient (Wildman–Crippen LogP) is 2.50. The number of piperidine rings is 1. The average Bonchev–Trinajstić information content (AvgIpc) is 2.67. The van der Waals surface area contributed by atoms with Crippen LogP contribution in [0.5, 0.6) is 0 Å². The lowest BCUT2D eigenvalue weighted by Gasteiger charge is -2.39. The number of hydrogen-bond acceptors (Lipinski definition) is 4. The minimum absolute atomic E-state index is 0.0723. The van der Waals surface area contributed by atoms with Crippen molar-refractivity contribution in [1.29, 1.82) is 0 Å². The van der Waals surface area contributed by atoms with Crippen LogP contribution in [0.2, 0.25) is 5.02 Å². The number of aliphatic hydroxyl groups excluding tert-OH is 1. The average molecular weight is 415 g/mol. The van der Waals surface area contributed by atoms with Crippen LogP contribution >= 0.6 is 11.6 Å². The molecular formula is C19H27ClN2O4S. The van der Waals surface area contributed by atoms with Gasteiger partial charge in [-0.25, -0.2) is 8.42 Å². The number of carbonyl (C=O) groups excluding carboxylic acids is 1. The van der Waals surface area contributed by atoms with Gasteiger partial charge in [0.25, 0.3) is 0 Å². The topological polar surface area (TPSA) is 77.9 Å². The minimum Gasteiger partial charge on any atom is -0.391 e. The van der Waals surface area contributed by atoms with E-state index in [2.05, 4.69) is 0 Å². The van der Waals surface area contributed by atoms with Crippen molar-refractivity contribution in [2.45, 2.75) is 55.6 Å². The van der Waals surface area contributed by atoms with Gasteiger partial charge in [0.2, 0.25) is 15.9 Å². The lowest BCUT2D eigenvalue weighted by molar-refractivity contribution is -0.140. The van der Waals surface area contributed by atoms with Crippen LogP contribution in [0.4, 0.5) is 0 Å². The molecule has 1 N–H and O–H groups in total. The molecule has 0 radical (unpaired) electrons. The number of hydrogen-bond donors (Lipinski definition) is 1. The van der Waals surface area contributed by atoms with Crippen LogP contribution in [-0.4, -0.2) is 60.9 Å². The molecule has 3 atom stereocenters. The molecule has 1 aliphatic carbocycles. The van der Waals surface area contributed by atoms with Crippen molar-refractivity contribution in [2.24, 2.45) is 5.92 Å². The summed E-state index contributed by atoms with van der Waals surface area (Å²) >= 11 is 5.85. The van der Waals surface area contributed by atoms with E-state index >= 15 is 0 Å². The molecule has 2 aliphatic rings. The van der Waals surface area contributed by atoms with Crippen molar-refractivity contribution in [2.75, 3.05) is 20.1 Å². The third-order valence-electron chi connectivity index (χ3n) is 5.72. The zero-order valence-corrected chi connectivity index (χ0v) is 17.1. The first kappa shape index (κ1) is 20.6. The number of halogens is 1. The molecule has 1 heterocycles. The Hall–Kier alpha value is -1.15. The van der Waals surface area contributed by atoms with E-state index < -0.39 is 16.1 Å². The van der Waals surface area contributed by atoms with Crippen LogP contribution in [0.3, 0.4) is 0 Å². The van der Waals surface area contributed by atoms with E-state index in [1.807, 2.05) is 0 Å². The lowest BCUT2D eigenvalue weighted by Crippen LogP contribution is -2.51. The molecule has 1 amide bonds. The van der Waals surface area contributed by atoms with E-state index in [1.165, 1.54) is 16.4 Å². The third kappa shape index (κ3) is 4.47. The van der Waals surface area contributed by atoms with Crippen molar-refractivity contribution < 1.29 is 18.3 Å². The summed E-state index contributed by atoms with van der Waals surface area (Å²) in [4.78, 5) is 14.8. The summed E-state index contributed by atoms with van der Waals surface area (Å²) in [7, 11) is -1.92. The van der Waals surface area contributed by atoms with Crippen molar-refractivity contribution in [3.8, 4) is 0 Å². The molecule has 8 heteroatoms. The highest BCUT2D eigenvalue weighted by molar-refractivity contribution is 7.89. The second kappa shape index (κ2) is 8.47. The Balaban J connectivity index is 1.71. The van der Waals surface area contributed by atoms with Crippen molar-refractivity contribution in [3.05, 3.63) is 29.3 Å². The first-order chi connectivity index (χ1) is 12.8. The van der Waals surface area contributed by atoms with Gasteiger partial charge in [-0.15, -0.1) is 0 Å². The number of amides is 1. The predicted molar refractivity (Wildman–Crippen MR) is 104 cm³/mol. The molecule has 2 fully saturated rings. The summed E-state index contributed by atoms with van der Waals surface area (Å²) in [5, 5.41) is 10.7. The number of benzene rings is 1. The number of nitrogens with zero attached hydrogens (tertiary/aromatic N) is 2. The molecule has 1 saturated carbocycles. The van der Waals surface area contributed by atoms with E-state index in [9.17, 15) is 18.3 Å². The monoisotopic (exact) mass is 414 g/mol. The zero-order chi connectivity index (χ0) is 19.6. The van der Waals surface area contributed by atoms with Crippen LogP contribution in [0.1, 0.15) is 38.5 Å². The smallest absolute Gasteiger partial charge is 0.243 e. The molecule has 1 aromatic rings. The van der Waals surface area contributed by atoms with Gasteiger partial charge in [-0.3, -0.25) is 4.79 Å². The zero-order valence-electron chi connectivity index (χ0n) is 15.6. The van der Waals surface area contributed by atoms with Gasteiger partial charge >= 0.3 is 0 Å². The molecule has 6 nitrogen and oxygen atoms in total. The first-order valence-electron chi connectivity index (χ1n) is 9.51. The normalized spacial score (nSPS) is 27.3. The van der Waals surface area contributed by atoms with Gasteiger partial charge in [0.15, 0.2) is 0 Å². The summed E-state index contributed by atoms with van der Waals surface area (Å²) in [6.45, 7) is 0.585. The molecule has 0 aromatic heterocycles. The molecule has 1 saturated heterocycles. The summed E-state index contributed by atoms with van der Waals surface area (Å²) in [6.07, 6.45) is 4.30. The number of likely N-dealkylation sites (N-methyl/N-ethyl adjacent to an activating group) is 1. The van der Waals surface area contributed by atoms with Crippen LogP contribution < -0.4 is 0 Å². The Morgan fingerprint density at radius 1 is 1.15 bits per heavy atom. The SMILES string of the molecule is CN(C(=O)C1CCCN(S(=O)(=O)c2ccc(Cl)cc2)C1)[C@@H]1CCCC[C@H]1O. The lowest BCUT2D eigenvalue weighted by atomic mass is 9.90. The van der Waals surface area contributed by atoms with E-state index in [0.29, 0.717) is 30.8 Å². The highest BCUT2D eigenvalue weighted by atomic mass is 35.5. The molecule has 1 unspecified atom stereocenters. The van der Waals surface area contributed by atoms with Gasteiger partial charge in [0.1, 0.15) is 0 Å². The second-order valence-corrected chi connectivity index (χ2v) is 9.90. The molecule has 150 valence electrons. The summed E-state index contributed by atoms with van der Waals surface area (Å²) in [5.41, 5.74) is 0. The highest BCUT2D eigenvalue weighted by Crippen LogP contribution is 2.28. The maximum absolute atomic E-state index is 13.0. The molecule has 1 aromatic carbocycles. The fourth-order valence-corrected chi connectivity index (χ4v) is 5.76. The highest BCUT2D eigenvalue weighted by Gasteiger charge is 2.37. The van der Waals surface area contributed by atoms with Crippen LogP contribution in [-0.2, 0) is 14.8 Å². The van der Waals surface area contributed by atoms with Crippen molar-refractivity contribution >= 4 is 27.5 Å². The van der Waals surface area contributed by atoms with E-state index in [-0.39, 0.29) is 29.3 Å². The first-order valence-corrected chi connectivity index (χ1v) is 11.3. The second-order valence-electron chi connectivity index (χ2n) is 7.52. The van der Waals surface area contributed by atoms with Gasteiger partial charge in [-0.1, -0.05) is 24.4 Å². The van der Waals surface area contributed by atoms with Crippen molar-refractivity contribution in [1.82, 2.24) is 9.21 Å². The Bertz CT molecular complexity index is 768. The number of carbonyl (C=O) groups is 1. The molecular weight excluding hydrogens is 388 g/mol. The van der Waals surface area contributed by atoms with Gasteiger partial charge in [-0.05, 0) is 49.9 Å². The molecule has 27 heavy (non-hydrogen) atoms. The molecule has 0 bridgehead atoms. The van der Waals surface area contributed by atoms with E-state index in [4.69, 9.17) is 11.6 Å². The van der Waals surface area contributed by atoms with Gasteiger partial charge in [0.05, 0.1) is 23.0 Å². The largest absolute Gasteiger partial charge is 0.391 e. The van der Waals surface area contributed by atoms with E-state index in [0.717, 1.165) is 19.3 Å². The fraction of sp³-hybridized carbons (Fsp3) is 0.632. The summed E-state index contributed by atoms with van der Waals surface area (Å²) in [6, 6.07) is 5.93. The standard InChI is InChI=1S/C19H27ClN2O4S/c1-21(17-6-2-3-7-18(17)23)19(24)14-5-4-12-22(13-14)27(25,26)16-10-8-15(20)9-11-16/h8-11,14,17-18,23H,2-7,12-13H2,1H3/t14?,17-,18-/m1/s1. The summed E-state index contributed by atoms with van der Waals surface area (Å²) < 4.78 is 27.2. The van der Waals surface area contributed by atoms with Crippen LogP contribution in [0, 0.1) is 5.92 Å². The number of sulfonamides is 1. The molecule has 3 rings (SSSR count). The minimum atomic E-state index is -3.65. The third-order valence-corrected chi connectivity index (χ3v) is 7.86. The Morgan fingerprint density at radius 3 is 2.48 bits per heavy atom. The Labute approximate surface area is 166 Å². The number of rotatable bonds is 4. The quantitative estimate of drug-likeness (QED) is 0.821. The van der Waals surface area contributed by atoms with Gasteiger partial charge in [-0.2, -0.15) is 4.31 Å². The maximum Gasteiger partial charge on any atom is 0.243 e. The molecule has 0 spiro atoms. The van der Waals surface area contributed by atoms with Crippen LogP contribution in [0.15, 0.2) is 29.2 Å². The Morgan fingerprint density at radius 2 is 1.81 bits per heavy atom. The van der Waals surface area contributed by atoms with Crippen LogP contribution in [0.25, 0.3) is 0 Å². The van der Waals surface area contributed by atoms with E-state index in [1.54, 1.807) is 24.1 Å². The van der Waals surface area contributed by atoms with Gasteiger partial charge in [0, 0.05) is 25.2 Å². The maximum atomic E-state index is 13.0. The molecule has 1 aliphatic heterocycles. The fourth-order valence-electron chi connectivity index (χ4n) is 4.11. The summed E-state index contributed by atoms with van der Waals surface area (Å²) in [5.74, 6) is -0.447.